The van der Waals surface area contributed by atoms with E-state index in [0.29, 0.717) is 19.5 Å². The lowest BCUT2D eigenvalue weighted by Gasteiger charge is -2.35. The second-order valence-electron chi connectivity index (χ2n) is 4.08. The highest BCUT2D eigenvalue weighted by Crippen LogP contribution is 2.21. The molecule has 0 aromatic rings. The molecule has 0 spiro atoms. The van der Waals surface area contributed by atoms with E-state index < -0.39 is 0 Å². The van der Waals surface area contributed by atoms with Gasteiger partial charge in [0.2, 0.25) is 5.91 Å². The van der Waals surface area contributed by atoms with Crippen molar-refractivity contribution >= 4 is 5.91 Å². The molecule has 1 aliphatic rings. The Bertz CT molecular complexity index is 260. The zero-order valence-electron chi connectivity index (χ0n) is 9.15. The average molecular weight is 210 g/mol. The van der Waals surface area contributed by atoms with Crippen LogP contribution in [0.4, 0.5) is 0 Å². The van der Waals surface area contributed by atoms with Gasteiger partial charge in [0.1, 0.15) is 6.42 Å². The molecule has 0 bridgehead atoms. The van der Waals surface area contributed by atoms with Gasteiger partial charge in [-0.1, -0.05) is 13.3 Å². The first-order chi connectivity index (χ1) is 7.19. The standard InChI is InChI=1S/C11H18N2O2/c1-2-3-9-8-13(7-5-10(9)14)11(15)4-6-12/h9-10,14H,2-5,7-8H2,1H3/t9-,10-/m0/s1. The maximum absolute atomic E-state index is 11.5. The number of carbonyl (C=O) groups is 1. The molecule has 1 aliphatic heterocycles. The maximum Gasteiger partial charge on any atom is 0.236 e. The molecule has 1 amide bonds. The summed E-state index contributed by atoms with van der Waals surface area (Å²) in [5.41, 5.74) is 0. The number of nitrogens with zero attached hydrogens (tertiary/aromatic N) is 2. The van der Waals surface area contributed by atoms with Gasteiger partial charge in [-0.3, -0.25) is 4.79 Å². The van der Waals surface area contributed by atoms with Crippen LogP contribution in [0, 0.1) is 17.2 Å². The molecule has 1 N–H and O–H groups in total. The van der Waals surface area contributed by atoms with Crippen molar-refractivity contribution in [2.45, 2.75) is 38.7 Å². The summed E-state index contributed by atoms with van der Waals surface area (Å²) in [5, 5.41) is 18.2. The summed E-state index contributed by atoms with van der Waals surface area (Å²) in [5.74, 6) is 0.0805. The summed E-state index contributed by atoms with van der Waals surface area (Å²) in [7, 11) is 0. The van der Waals surface area contributed by atoms with Gasteiger partial charge in [-0.25, -0.2) is 0 Å². The van der Waals surface area contributed by atoms with Crippen LogP contribution in [0.1, 0.15) is 32.6 Å². The fourth-order valence-electron chi connectivity index (χ4n) is 2.08. The van der Waals surface area contributed by atoms with Gasteiger partial charge in [-0.15, -0.1) is 0 Å². The Morgan fingerprint density at radius 3 is 3.00 bits per heavy atom. The van der Waals surface area contributed by atoms with Gasteiger partial charge in [0.25, 0.3) is 0 Å². The van der Waals surface area contributed by atoms with Gasteiger partial charge in [-0.2, -0.15) is 5.26 Å². The van der Waals surface area contributed by atoms with Crippen LogP contribution in [0.5, 0.6) is 0 Å². The number of aliphatic hydroxyl groups is 1. The Morgan fingerprint density at radius 2 is 2.40 bits per heavy atom. The molecule has 1 saturated heterocycles. The molecule has 2 atom stereocenters. The molecule has 0 unspecified atom stereocenters. The van der Waals surface area contributed by atoms with E-state index in [4.69, 9.17) is 5.26 Å². The molecule has 0 aromatic heterocycles. The van der Waals surface area contributed by atoms with E-state index in [1.165, 1.54) is 0 Å². The minimum absolute atomic E-state index is 0.0467. The minimum Gasteiger partial charge on any atom is -0.393 e. The van der Waals surface area contributed by atoms with Crippen molar-refractivity contribution in [2.24, 2.45) is 5.92 Å². The highest BCUT2D eigenvalue weighted by atomic mass is 16.3. The van der Waals surface area contributed by atoms with Crippen LogP contribution in [0.3, 0.4) is 0 Å². The summed E-state index contributed by atoms with van der Waals surface area (Å²) >= 11 is 0. The molecule has 4 nitrogen and oxygen atoms in total. The molecule has 15 heavy (non-hydrogen) atoms. The number of hydrogen-bond donors (Lipinski definition) is 1. The van der Waals surface area contributed by atoms with Gasteiger partial charge in [0.05, 0.1) is 12.2 Å². The molecule has 0 aliphatic carbocycles. The molecule has 0 saturated carbocycles. The third-order valence-corrected chi connectivity index (χ3v) is 2.94. The minimum atomic E-state index is -0.281. The Balaban J connectivity index is 2.50. The van der Waals surface area contributed by atoms with E-state index in [1.54, 1.807) is 4.90 Å². The zero-order chi connectivity index (χ0) is 11.3. The van der Waals surface area contributed by atoms with Crippen LogP contribution in [0.25, 0.3) is 0 Å². The van der Waals surface area contributed by atoms with E-state index in [9.17, 15) is 9.90 Å². The zero-order valence-corrected chi connectivity index (χ0v) is 9.15. The predicted molar refractivity (Wildman–Crippen MR) is 55.8 cm³/mol. The number of likely N-dealkylation sites (tertiary alicyclic amines) is 1. The monoisotopic (exact) mass is 210 g/mol. The van der Waals surface area contributed by atoms with Gasteiger partial charge < -0.3 is 10.0 Å². The number of amides is 1. The van der Waals surface area contributed by atoms with Gasteiger partial charge in [-0.05, 0) is 12.8 Å². The molecule has 0 aromatic carbocycles. The van der Waals surface area contributed by atoms with Crippen molar-refractivity contribution in [1.29, 1.82) is 5.26 Å². The first-order valence-electron chi connectivity index (χ1n) is 5.51. The quantitative estimate of drug-likeness (QED) is 0.753. The normalized spacial score (nSPS) is 26.1. The van der Waals surface area contributed by atoms with E-state index in [2.05, 4.69) is 6.92 Å². The Labute approximate surface area is 90.5 Å². The van der Waals surface area contributed by atoms with E-state index in [-0.39, 0.29) is 24.3 Å². The second-order valence-corrected chi connectivity index (χ2v) is 4.08. The van der Waals surface area contributed by atoms with Gasteiger partial charge in [0.15, 0.2) is 0 Å². The van der Waals surface area contributed by atoms with Gasteiger partial charge in [0, 0.05) is 19.0 Å². The van der Waals surface area contributed by atoms with Crippen molar-refractivity contribution < 1.29 is 9.90 Å². The van der Waals surface area contributed by atoms with Crippen LogP contribution >= 0.6 is 0 Å². The number of rotatable bonds is 3. The molecular weight excluding hydrogens is 192 g/mol. The topological polar surface area (TPSA) is 64.3 Å². The third kappa shape index (κ3) is 3.21. The lowest BCUT2D eigenvalue weighted by Crippen LogP contribution is -2.45. The van der Waals surface area contributed by atoms with Crippen LogP contribution in [-0.2, 0) is 4.79 Å². The molecule has 1 rings (SSSR count). The SMILES string of the molecule is CCC[C@H]1CN(C(=O)CC#N)CC[C@@H]1O. The number of nitriles is 1. The van der Waals surface area contributed by atoms with Crippen molar-refractivity contribution in [2.75, 3.05) is 13.1 Å². The van der Waals surface area contributed by atoms with Crippen molar-refractivity contribution in [1.82, 2.24) is 4.90 Å². The van der Waals surface area contributed by atoms with Crippen LogP contribution in [-0.4, -0.2) is 35.1 Å². The van der Waals surface area contributed by atoms with E-state index >= 15 is 0 Å². The first-order valence-corrected chi connectivity index (χ1v) is 5.51. The van der Waals surface area contributed by atoms with Crippen LogP contribution < -0.4 is 0 Å². The molecule has 84 valence electrons. The summed E-state index contributed by atoms with van der Waals surface area (Å²) < 4.78 is 0. The number of piperidine rings is 1. The van der Waals surface area contributed by atoms with Crippen molar-refractivity contribution in [3.63, 3.8) is 0 Å². The Hall–Kier alpha value is -1.08. The number of carbonyl (C=O) groups excluding carboxylic acids is 1. The third-order valence-electron chi connectivity index (χ3n) is 2.94. The largest absolute Gasteiger partial charge is 0.393 e. The summed E-state index contributed by atoms with van der Waals surface area (Å²) in [6.45, 7) is 3.26. The Kier molecular flexibility index (Phi) is 4.57. The lowest BCUT2D eigenvalue weighted by molar-refractivity contribution is -0.134. The summed E-state index contributed by atoms with van der Waals surface area (Å²) in [6.07, 6.45) is 2.27. The molecule has 1 heterocycles. The molecule has 1 fully saturated rings. The fraction of sp³-hybridized carbons (Fsp3) is 0.818. The fourth-order valence-corrected chi connectivity index (χ4v) is 2.08. The lowest BCUT2D eigenvalue weighted by atomic mass is 9.90. The molecule has 0 radical (unpaired) electrons. The highest BCUT2D eigenvalue weighted by Gasteiger charge is 2.29. The summed E-state index contributed by atoms with van der Waals surface area (Å²) in [6, 6.07) is 1.87. The number of hydrogen-bond acceptors (Lipinski definition) is 3. The van der Waals surface area contributed by atoms with Crippen LogP contribution in [0.2, 0.25) is 0 Å². The smallest absolute Gasteiger partial charge is 0.236 e. The molecule has 4 heteroatoms. The number of aliphatic hydroxyl groups excluding tert-OH is 1. The molecular formula is C11H18N2O2. The first kappa shape index (κ1) is 12.0. The second kappa shape index (κ2) is 5.72. The summed E-state index contributed by atoms with van der Waals surface area (Å²) in [4.78, 5) is 13.2. The maximum atomic E-state index is 11.5. The van der Waals surface area contributed by atoms with Crippen LogP contribution in [0.15, 0.2) is 0 Å². The predicted octanol–water partition coefficient (Wildman–Crippen LogP) is 0.910. The average Bonchev–Trinajstić information content (AvgIpc) is 2.22. The van der Waals surface area contributed by atoms with Crippen molar-refractivity contribution in [3.05, 3.63) is 0 Å². The van der Waals surface area contributed by atoms with E-state index in [0.717, 1.165) is 12.8 Å². The Morgan fingerprint density at radius 1 is 1.67 bits per heavy atom. The van der Waals surface area contributed by atoms with Crippen molar-refractivity contribution in [3.8, 4) is 6.07 Å². The van der Waals surface area contributed by atoms with E-state index in [1.807, 2.05) is 6.07 Å². The highest BCUT2D eigenvalue weighted by molar-refractivity contribution is 5.78. The van der Waals surface area contributed by atoms with Gasteiger partial charge >= 0.3 is 0 Å².